The van der Waals surface area contributed by atoms with Gasteiger partial charge in [0, 0.05) is 13.0 Å². The van der Waals surface area contributed by atoms with Gasteiger partial charge in [-0.15, -0.1) is 11.3 Å². The molecule has 3 N–H and O–H groups in total. The topological polar surface area (TPSA) is 132 Å². The summed E-state index contributed by atoms with van der Waals surface area (Å²) in [6.45, 7) is 11.6. The van der Waals surface area contributed by atoms with Crippen molar-refractivity contribution in [3.8, 4) is 10.4 Å². The standard InChI is InChI=1S/C32H45N5O5S/c1-20(23-8-10-24(11-9-23)28-21(2)33-19-43-28)34-30(41)25-7-6-14-37(25)31(42)29(32(3,4)5)35-26(38)18-36-15-12-22(13-16-36)17-27(39)40/h8-11,19-20,22,25,29H,6-7,12-18H2,1-5H3,(H,34,41)(H,35,38)(H,39,40)/t20-,25-,29+/m0/s1. The fourth-order valence-electron chi connectivity index (χ4n) is 6.02. The SMILES string of the molecule is Cc1ncsc1-c1ccc([C@H](C)NC(=O)[C@@H]2CCCN2C(=O)[C@@H](NC(=O)CN2CCC(CC(=O)O)CC2)C(C)(C)C)cc1. The van der Waals surface area contributed by atoms with Gasteiger partial charge >= 0.3 is 5.97 Å². The van der Waals surface area contributed by atoms with E-state index in [1.807, 2.05) is 69.3 Å². The minimum atomic E-state index is -0.789. The van der Waals surface area contributed by atoms with E-state index in [0.29, 0.717) is 26.1 Å². The van der Waals surface area contributed by atoms with Crippen LogP contribution in [0.2, 0.25) is 0 Å². The maximum atomic E-state index is 13.9. The Morgan fingerprint density at radius 1 is 1.05 bits per heavy atom. The fourth-order valence-corrected chi connectivity index (χ4v) is 6.83. The average Bonchev–Trinajstić information content (AvgIpc) is 3.61. The van der Waals surface area contributed by atoms with Crippen molar-refractivity contribution in [3.63, 3.8) is 0 Å². The number of amides is 3. The third-order valence-electron chi connectivity index (χ3n) is 8.57. The average molecular weight is 612 g/mol. The molecule has 2 saturated heterocycles. The molecule has 43 heavy (non-hydrogen) atoms. The maximum absolute atomic E-state index is 13.9. The van der Waals surface area contributed by atoms with E-state index in [0.717, 1.165) is 41.0 Å². The van der Waals surface area contributed by atoms with Gasteiger partial charge in [-0.25, -0.2) is 4.98 Å². The van der Waals surface area contributed by atoms with Crippen LogP contribution in [-0.2, 0) is 19.2 Å². The minimum Gasteiger partial charge on any atom is -0.481 e. The molecule has 10 nitrogen and oxygen atoms in total. The first kappa shape index (κ1) is 32.6. The molecule has 4 rings (SSSR count). The largest absolute Gasteiger partial charge is 0.481 e. The van der Waals surface area contributed by atoms with Crippen molar-refractivity contribution in [2.45, 2.75) is 84.8 Å². The van der Waals surface area contributed by atoms with Gasteiger partial charge in [-0.2, -0.15) is 0 Å². The van der Waals surface area contributed by atoms with Crippen molar-refractivity contribution >= 4 is 35.0 Å². The molecule has 2 aliphatic heterocycles. The van der Waals surface area contributed by atoms with Gasteiger partial charge in [0.2, 0.25) is 17.7 Å². The van der Waals surface area contributed by atoms with E-state index in [2.05, 4.69) is 15.6 Å². The molecule has 1 aromatic carbocycles. The van der Waals surface area contributed by atoms with Gasteiger partial charge in [-0.3, -0.25) is 24.1 Å². The molecule has 3 heterocycles. The fraction of sp³-hybridized carbons (Fsp3) is 0.594. The Balaban J connectivity index is 1.35. The third-order valence-corrected chi connectivity index (χ3v) is 9.55. The van der Waals surface area contributed by atoms with Gasteiger partial charge in [-0.05, 0) is 75.1 Å². The summed E-state index contributed by atoms with van der Waals surface area (Å²) in [5.41, 5.74) is 4.33. The monoisotopic (exact) mass is 611 g/mol. The Morgan fingerprint density at radius 3 is 2.30 bits per heavy atom. The summed E-state index contributed by atoms with van der Waals surface area (Å²) in [5, 5.41) is 15.1. The first-order valence-corrected chi connectivity index (χ1v) is 16.1. The van der Waals surface area contributed by atoms with Crippen LogP contribution in [0.3, 0.4) is 0 Å². The highest BCUT2D eigenvalue weighted by Crippen LogP contribution is 2.29. The quantitative estimate of drug-likeness (QED) is 0.370. The Morgan fingerprint density at radius 2 is 1.72 bits per heavy atom. The molecular weight excluding hydrogens is 566 g/mol. The smallest absolute Gasteiger partial charge is 0.303 e. The summed E-state index contributed by atoms with van der Waals surface area (Å²) >= 11 is 1.60. The number of carboxylic acid groups (broad SMARTS) is 1. The molecule has 2 aromatic rings. The summed E-state index contributed by atoms with van der Waals surface area (Å²) in [4.78, 5) is 60.5. The lowest BCUT2D eigenvalue weighted by Crippen LogP contribution is -2.58. The highest BCUT2D eigenvalue weighted by Gasteiger charge is 2.42. The molecule has 1 aromatic heterocycles. The van der Waals surface area contributed by atoms with E-state index >= 15 is 0 Å². The molecule has 3 amide bonds. The van der Waals surface area contributed by atoms with E-state index in [4.69, 9.17) is 5.11 Å². The molecule has 0 aliphatic carbocycles. The lowest BCUT2D eigenvalue weighted by molar-refractivity contribution is -0.144. The molecule has 3 atom stereocenters. The van der Waals surface area contributed by atoms with Crippen LogP contribution in [-0.4, -0.2) is 81.8 Å². The molecule has 0 radical (unpaired) electrons. The summed E-state index contributed by atoms with van der Waals surface area (Å²) in [7, 11) is 0. The van der Waals surface area contributed by atoms with Gasteiger partial charge in [0.05, 0.1) is 28.7 Å². The van der Waals surface area contributed by atoms with Crippen LogP contribution >= 0.6 is 11.3 Å². The Labute approximate surface area is 258 Å². The number of hydrogen-bond donors (Lipinski definition) is 3. The predicted molar refractivity (Wildman–Crippen MR) is 166 cm³/mol. The van der Waals surface area contributed by atoms with Crippen molar-refractivity contribution in [1.82, 2.24) is 25.4 Å². The van der Waals surface area contributed by atoms with Crippen LogP contribution in [0.1, 0.15) is 77.1 Å². The first-order valence-electron chi connectivity index (χ1n) is 15.2. The highest BCUT2D eigenvalue weighted by atomic mass is 32.1. The van der Waals surface area contributed by atoms with Gasteiger partial charge in [0.25, 0.3) is 0 Å². The van der Waals surface area contributed by atoms with E-state index in [-0.39, 0.29) is 42.6 Å². The molecule has 0 unspecified atom stereocenters. The maximum Gasteiger partial charge on any atom is 0.303 e. The number of rotatable bonds is 10. The lowest BCUT2D eigenvalue weighted by Gasteiger charge is -2.36. The van der Waals surface area contributed by atoms with E-state index in [1.54, 1.807) is 16.2 Å². The number of thiazole rings is 1. The van der Waals surface area contributed by atoms with Crippen LogP contribution in [0.5, 0.6) is 0 Å². The third kappa shape index (κ3) is 8.41. The van der Waals surface area contributed by atoms with Crippen molar-refractivity contribution in [3.05, 3.63) is 41.0 Å². The van der Waals surface area contributed by atoms with E-state index < -0.39 is 23.5 Å². The van der Waals surface area contributed by atoms with Crippen LogP contribution in [0, 0.1) is 18.3 Å². The number of benzene rings is 1. The van der Waals surface area contributed by atoms with Gasteiger partial charge in [0.1, 0.15) is 12.1 Å². The number of likely N-dealkylation sites (tertiary alicyclic amines) is 2. The second-order valence-corrected chi connectivity index (χ2v) is 13.8. The summed E-state index contributed by atoms with van der Waals surface area (Å²) in [6.07, 6.45) is 2.92. The van der Waals surface area contributed by atoms with Gasteiger partial charge in [-0.1, -0.05) is 45.0 Å². The van der Waals surface area contributed by atoms with Crippen LogP contribution < -0.4 is 10.6 Å². The molecule has 234 valence electrons. The minimum absolute atomic E-state index is 0.133. The van der Waals surface area contributed by atoms with Crippen LogP contribution in [0.4, 0.5) is 0 Å². The molecule has 2 aliphatic rings. The number of aryl methyl sites for hydroxylation is 1. The molecule has 0 spiro atoms. The zero-order chi connectivity index (χ0) is 31.3. The Bertz CT molecular complexity index is 1300. The van der Waals surface area contributed by atoms with E-state index in [9.17, 15) is 19.2 Å². The van der Waals surface area contributed by atoms with Crippen molar-refractivity contribution in [2.75, 3.05) is 26.2 Å². The highest BCUT2D eigenvalue weighted by molar-refractivity contribution is 7.13. The summed E-state index contributed by atoms with van der Waals surface area (Å²) in [5.74, 6) is -1.33. The number of piperidine rings is 1. The molecule has 11 heteroatoms. The second kappa shape index (κ2) is 14.0. The van der Waals surface area contributed by atoms with E-state index in [1.165, 1.54) is 0 Å². The Hall–Kier alpha value is -3.31. The molecular formula is C32H45N5O5S. The number of carboxylic acids is 1. The number of carbonyl (C=O) groups excluding carboxylic acids is 3. The number of aromatic nitrogens is 1. The Kier molecular flexibility index (Phi) is 10.6. The predicted octanol–water partition coefficient (Wildman–Crippen LogP) is 4.00. The van der Waals surface area contributed by atoms with Crippen LogP contribution in [0.15, 0.2) is 29.8 Å². The molecule has 2 fully saturated rings. The molecule has 0 bridgehead atoms. The second-order valence-electron chi connectivity index (χ2n) is 13.0. The summed E-state index contributed by atoms with van der Waals surface area (Å²) < 4.78 is 0. The summed E-state index contributed by atoms with van der Waals surface area (Å²) in [6, 6.07) is 6.49. The van der Waals surface area contributed by atoms with Gasteiger partial charge < -0.3 is 20.6 Å². The zero-order valence-electron chi connectivity index (χ0n) is 25.9. The van der Waals surface area contributed by atoms with Crippen molar-refractivity contribution in [2.24, 2.45) is 11.3 Å². The number of aliphatic carboxylic acids is 1. The number of hydrogen-bond acceptors (Lipinski definition) is 7. The van der Waals surface area contributed by atoms with Crippen molar-refractivity contribution in [1.29, 1.82) is 0 Å². The van der Waals surface area contributed by atoms with Gasteiger partial charge in [0.15, 0.2) is 0 Å². The zero-order valence-corrected chi connectivity index (χ0v) is 26.7. The normalized spacial score (nSPS) is 19.6. The first-order chi connectivity index (χ1) is 20.3. The lowest BCUT2D eigenvalue weighted by atomic mass is 9.85. The van der Waals surface area contributed by atoms with Crippen LogP contribution in [0.25, 0.3) is 10.4 Å². The number of carbonyl (C=O) groups is 4. The number of nitrogens with zero attached hydrogens (tertiary/aromatic N) is 3. The van der Waals surface area contributed by atoms with Crippen molar-refractivity contribution < 1.29 is 24.3 Å². The molecule has 0 saturated carbocycles. The number of nitrogens with one attached hydrogen (secondary N) is 2.